The van der Waals surface area contributed by atoms with Gasteiger partial charge in [-0.2, -0.15) is 0 Å². The van der Waals surface area contributed by atoms with Gasteiger partial charge in [0.15, 0.2) is 0 Å². The zero-order chi connectivity index (χ0) is 18.2. The fourth-order valence-electron chi connectivity index (χ4n) is 3.17. The first-order valence-electron chi connectivity index (χ1n) is 9.00. The van der Waals surface area contributed by atoms with Gasteiger partial charge in [0.1, 0.15) is 5.75 Å². The SMILES string of the molecule is CCOc1ccccc1C(CC(=O)NC1CNCCC1C)NC(C)=O.Cl. The molecule has 1 aliphatic rings. The Labute approximate surface area is 161 Å². The summed E-state index contributed by atoms with van der Waals surface area (Å²) in [5, 5.41) is 9.29. The van der Waals surface area contributed by atoms with Gasteiger partial charge in [0.25, 0.3) is 0 Å². The van der Waals surface area contributed by atoms with E-state index in [9.17, 15) is 9.59 Å². The average Bonchev–Trinajstić information content (AvgIpc) is 2.57. The lowest BCUT2D eigenvalue weighted by molar-refractivity contribution is -0.123. The lowest BCUT2D eigenvalue weighted by atomic mass is 9.94. The first-order valence-corrected chi connectivity index (χ1v) is 9.00. The van der Waals surface area contributed by atoms with Crippen LogP contribution in [0.15, 0.2) is 24.3 Å². The molecule has 146 valence electrons. The molecule has 7 heteroatoms. The van der Waals surface area contributed by atoms with Crippen LogP contribution in [-0.4, -0.2) is 37.6 Å². The highest BCUT2D eigenvalue weighted by Crippen LogP contribution is 2.27. The van der Waals surface area contributed by atoms with Gasteiger partial charge in [-0.25, -0.2) is 0 Å². The Morgan fingerprint density at radius 1 is 1.35 bits per heavy atom. The van der Waals surface area contributed by atoms with Crippen molar-refractivity contribution >= 4 is 24.2 Å². The first-order chi connectivity index (χ1) is 12.0. The average molecular weight is 384 g/mol. The van der Waals surface area contributed by atoms with Crippen LogP contribution < -0.4 is 20.7 Å². The summed E-state index contributed by atoms with van der Waals surface area (Å²) in [4.78, 5) is 24.2. The van der Waals surface area contributed by atoms with Gasteiger partial charge < -0.3 is 20.7 Å². The highest BCUT2D eigenvalue weighted by molar-refractivity contribution is 5.85. The van der Waals surface area contributed by atoms with E-state index in [0.29, 0.717) is 18.3 Å². The quantitative estimate of drug-likeness (QED) is 0.674. The van der Waals surface area contributed by atoms with Crippen LogP contribution >= 0.6 is 12.4 Å². The van der Waals surface area contributed by atoms with E-state index in [2.05, 4.69) is 22.9 Å². The van der Waals surface area contributed by atoms with Crippen LogP contribution in [0.4, 0.5) is 0 Å². The minimum Gasteiger partial charge on any atom is -0.494 e. The largest absolute Gasteiger partial charge is 0.494 e. The molecule has 0 radical (unpaired) electrons. The van der Waals surface area contributed by atoms with E-state index in [1.807, 2.05) is 31.2 Å². The summed E-state index contributed by atoms with van der Waals surface area (Å²) in [6.07, 6.45) is 1.24. The van der Waals surface area contributed by atoms with E-state index >= 15 is 0 Å². The van der Waals surface area contributed by atoms with Crippen molar-refractivity contribution in [3.8, 4) is 5.75 Å². The minimum atomic E-state index is -0.410. The van der Waals surface area contributed by atoms with Crippen LogP contribution in [-0.2, 0) is 9.59 Å². The predicted octanol–water partition coefficient (Wildman–Crippen LogP) is 2.19. The molecule has 3 unspecified atom stereocenters. The zero-order valence-electron chi connectivity index (χ0n) is 15.7. The molecule has 0 aliphatic carbocycles. The number of halogens is 1. The van der Waals surface area contributed by atoms with Crippen molar-refractivity contribution in [2.45, 2.75) is 45.7 Å². The summed E-state index contributed by atoms with van der Waals surface area (Å²) in [5.74, 6) is 0.909. The summed E-state index contributed by atoms with van der Waals surface area (Å²) in [6.45, 7) is 7.83. The Balaban J connectivity index is 0.00000338. The second-order valence-electron chi connectivity index (χ2n) is 6.57. The van der Waals surface area contributed by atoms with E-state index in [-0.39, 0.29) is 36.7 Å². The summed E-state index contributed by atoms with van der Waals surface area (Å²) >= 11 is 0. The minimum absolute atomic E-state index is 0. The number of carbonyl (C=O) groups is 2. The summed E-state index contributed by atoms with van der Waals surface area (Å²) in [6, 6.07) is 7.24. The van der Waals surface area contributed by atoms with Crippen LogP contribution in [0.5, 0.6) is 5.75 Å². The van der Waals surface area contributed by atoms with Gasteiger partial charge in [0.2, 0.25) is 11.8 Å². The van der Waals surface area contributed by atoms with Crippen LogP contribution in [0.3, 0.4) is 0 Å². The highest BCUT2D eigenvalue weighted by atomic mass is 35.5. The molecule has 1 aromatic carbocycles. The van der Waals surface area contributed by atoms with Gasteiger partial charge in [0.05, 0.1) is 19.1 Å². The smallest absolute Gasteiger partial charge is 0.222 e. The molecular formula is C19H30ClN3O3. The van der Waals surface area contributed by atoms with Crippen LogP contribution in [0.25, 0.3) is 0 Å². The van der Waals surface area contributed by atoms with E-state index in [4.69, 9.17) is 4.74 Å². The normalized spacial score (nSPS) is 20.4. The number of ether oxygens (including phenoxy) is 1. The predicted molar refractivity (Wildman–Crippen MR) is 105 cm³/mol. The summed E-state index contributed by atoms with van der Waals surface area (Å²) in [7, 11) is 0. The van der Waals surface area contributed by atoms with E-state index < -0.39 is 6.04 Å². The molecule has 0 spiro atoms. The fraction of sp³-hybridized carbons (Fsp3) is 0.579. The summed E-state index contributed by atoms with van der Waals surface area (Å²) in [5.41, 5.74) is 0.824. The number of hydrogen-bond acceptors (Lipinski definition) is 4. The molecule has 6 nitrogen and oxygen atoms in total. The molecule has 26 heavy (non-hydrogen) atoms. The Hall–Kier alpha value is -1.79. The fourth-order valence-corrected chi connectivity index (χ4v) is 3.17. The molecule has 2 rings (SSSR count). The van der Waals surface area contributed by atoms with Crippen LogP contribution in [0, 0.1) is 5.92 Å². The molecular weight excluding hydrogens is 354 g/mol. The second-order valence-corrected chi connectivity index (χ2v) is 6.57. The molecule has 2 amide bonds. The van der Waals surface area contributed by atoms with Gasteiger partial charge >= 0.3 is 0 Å². The van der Waals surface area contributed by atoms with Crippen LogP contribution in [0.2, 0.25) is 0 Å². The van der Waals surface area contributed by atoms with Crippen molar-refractivity contribution in [2.24, 2.45) is 5.92 Å². The number of carbonyl (C=O) groups excluding carboxylic acids is 2. The molecule has 0 saturated carbocycles. The zero-order valence-corrected chi connectivity index (χ0v) is 16.5. The maximum atomic E-state index is 12.6. The lowest BCUT2D eigenvalue weighted by Gasteiger charge is -2.31. The number of para-hydroxylation sites is 1. The lowest BCUT2D eigenvalue weighted by Crippen LogP contribution is -2.50. The van der Waals surface area contributed by atoms with Crippen molar-refractivity contribution in [2.75, 3.05) is 19.7 Å². The van der Waals surface area contributed by atoms with Gasteiger partial charge in [-0.15, -0.1) is 12.4 Å². The van der Waals surface area contributed by atoms with Gasteiger partial charge in [-0.1, -0.05) is 25.1 Å². The topological polar surface area (TPSA) is 79.5 Å². The van der Waals surface area contributed by atoms with Crippen molar-refractivity contribution < 1.29 is 14.3 Å². The molecule has 0 bridgehead atoms. The standard InChI is InChI=1S/C19H29N3O3.ClH/c1-4-25-18-8-6-5-7-15(18)16(21-14(3)23)11-19(24)22-17-12-20-10-9-13(17)2;/h5-8,13,16-17,20H,4,9-12H2,1-3H3,(H,21,23)(H,22,24);1H. The number of rotatable bonds is 7. The second kappa shape index (κ2) is 11.0. The van der Waals surface area contributed by atoms with Crippen LogP contribution in [0.1, 0.15) is 45.2 Å². The van der Waals surface area contributed by atoms with Gasteiger partial charge in [-0.3, -0.25) is 9.59 Å². The number of benzene rings is 1. The molecule has 1 heterocycles. The first kappa shape index (κ1) is 22.3. The Morgan fingerprint density at radius 2 is 2.08 bits per heavy atom. The third-order valence-electron chi connectivity index (χ3n) is 4.54. The number of hydrogen-bond donors (Lipinski definition) is 3. The number of piperidine rings is 1. The van der Waals surface area contributed by atoms with Crippen molar-refractivity contribution in [3.63, 3.8) is 0 Å². The van der Waals surface area contributed by atoms with Gasteiger partial charge in [-0.05, 0) is 31.9 Å². The Kier molecular flexibility index (Phi) is 9.44. The molecule has 0 aromatic heterocycles. The van der Waals surface area contributed by atoms with E-state index in [0.717, 1.165) is 25.1 Å². The van der Waals surface area contributed by atoms with Gasteiger partial charge in [0, 0.05) is 25.1 Å². The molecule has 1 fully saturated rings. The molecule has 3 N–H and O–H groups in total. The maximum Gasteiger partial charge on any atom is 0.222 e. The van der Waals surface area contributed by atoms with Crippen molar-refractivity contribution in [1.82, 2.24) is 16.0 Å². The highest BCUT2D eigenvalue weighted by Gasteiger charge is 2.25. The maximum absolute atomic E-state index is 12.6. The number of amides is 2. The third-order valence-corrected chi connectivity index (χ3v) is 4.54. The monoisotopic (exact) mass is 383 g/mol. The van der Waals surface area contributed by atoms with Crippen molar-refractivity contribution in [3.05, 3.63) is 29.8 Å². The molecule has 1 saturated heterocycles. The molecule has 1 aliphatic heterocycles. The third kappa shape index (κ3) is 6.50. The number of nitrogens with one attached hydrogen (secondary N) is 3. The van der Waals surface area contributed by atoms with E-state index in [1.165, 1.54) is 6.92 Å². The summed E-state index contributed by atoms with van der Waals surface area (Å²) < 4.78 is 5.66. The molecule has 3 atom stereocenters. The Bertz CT molecular complexity index is 597. The van der Waals surface area contributed by atoms with E-state index in [1.54, 1.807) is 0 Å². The van der Waals surface area contributed by atoms with Crippen molar-refractivity contribution in [1.29, 1.82) is 0 Å². The molecule has 1 aromatic rings. The Morgan fingerprint density at radius 3 is 2.73 bits per heavy atom.